The van der Waals surface area contributed by atoms with Crippen LogP contribution in [0.25, 0.3) is 0 Å². The topological polar surface area (TPSA) is 105 Å². The summed E-state index contributed by atoms with van der Waals surface area (Å²) in [4.78, 5) is 11.4. The standard InChI is InChI=1S/C15H20N2O5S/c18-15(19)13-8-12(23(20,21)17-10-3-4-10)5-6-14(13)16-9-11-2-1-7-22-11/h5-6,8,10-11,16-17H,1-4,7,9H2,(H,18,19)/t11-/m0/s1. The number of carbonyl (C=O) groups is 1. The van der Waals surface area contributed by atoms with E-state index in [9.17, 15) is 18.3 Å². The lowest BCUT2D eigenvalue weighted by Crippen LogP contribution is -2.26. The Kier molecular flexibility index (Phi) is 4.56. The molecule has 0 unspecified atom stereocenters. The fraction of sp³-hybridized carbons (Fsp3) is 0.533. The first-order valence-electron chi connectivity index (χ1n) is 7.71. The number of nitrogens with one attached hydrogen (secondary N) is 2. The van der Waals surface area contributed by atoms with E-state index in [0.717, 1.165) is 32.3 Å². The SMILES string of the molecule is O=C(O)c1cc(S(=O)(=O)NC2CC2)ccc1NC[C@@H]1CCCO1. The fourth-order valence-corrected chi connectivity index (χ4v) is 3.87. The van der Waals surface area contributed by atoms with Crippen molar-refractivity contribution in [2.75, 3.05) is 18.5 Å². The summed E-state index contributed by atoms with van der Waals surface area (Å²) in [6.07, 6.45) is 3.66. The highest BCUT2D eigenvalue weighted by molar-refractivity contribution is 7.89. The molecule has 0 spiro atoms. The van der Waals surface area contributed by atoms with Gasteiger partial charge in [-0.15, -0.1) is 0 Å². The Hall–Kier alpha value is -1.64. The summed E-state index contributed by atoms with van der Waals surface area (Å²) in [5.41, 5.74) is 0.347. The van der Waals surface area contributed by atoms with Gasteiger partial charge in [0.2, 0.25) is 10.0 Å². The van der Waals surface area contributed by atoms with Gasteiger partial charge in [0.25, 0.3) is 0 Å². The highest BCUT2D eigenvalue weighted by Crippen LogP contribution is 2.25. The summed E-state index contributed by atoms with van der Waals surface area (Å²) in [6.45, 7) is 1.23. The molecule has 1 aliphatic heterocycles. The largest absolute Gasteiger partial charge is 0.478 e. The van der Waals surface area contributed by atoms with E-state index in [-0.39, 0.29) is 22.6 Å². The first-order chi connectivity index (χ1) is 11.0. The lowest BCUT2D eigenvalue weighted by molar-refractivity contribution is 0.0697. The van der Waals surface area contributed by atoms with Crippen LogP contribution in [-0.4, -0.2) is 44.8 Å². The molecule has 1 saturated heterocycles. The van der Waals surface area contributed by atoms with Gasteiger partial charge in [0, 0.05) is 24.9 Å². The van der Waals surface area contributed by atoms with Crippen LogP contribution in [0.15, 0.2) is 23.1 Å². The number of ether oxygens (including phenoxy) is 1. The van der Waals surface area contributed by atoms with Crippen LogP contribution in [-0.2, 0) is 14.8 Å². The van der Waals surface area contributed by atoms with Crippen LogP contribution < -0.4 is 10.0 Å². The number of benzene rings is 1. The quantitative estimate of drug-likeness (QED) is 0.693. The van der Waals surface area contributed by atoms with E-state index in [1.807, 2.05) is 0 Å². The van der Waals surface area contributed by atoms with Crippen molar-refractivity contribution in [1.29, 1.82) is 0 Å². The van der Waals surface area contributed by atoms with Crippen LogP contribution >= 0.6 is 0 Å². The highest BCUT2D eigenvalue weighted by atomic mass is 32.2. The monoisotopic (exact) mass is 340 g/mol. The summed E-state index contributed by atoms with van der Waals surface area (Å²) in [5, 5.41) is 12.4. The van der Waals surface area contributed by atoms with Crippen molar-refractivity contribution in [1.82, 2.24) is 4.72 Å². The number of sulfonamides is 1. The molecule has 0 bridgehead atoms. The summed E-state index contributed by atoms with van der Waals surface area (Å²) in [6, 6.07) is 4.10. The average molecular weight is 340 g/mol. The number of rotatable bonds is 7. The molecule has 126 valence electrons. The zero-order chi connectivity index (χ0) is 16.4. The van der Waals surface area contributed by atoms with Gasteiger partial charge in [-0.05, 0) is 43.9 Å². The smallest absolute Gasteiger partial charge is 0.337 e. The fourth-order valence-electron chi connectivity index (χ4n) is 2.54. The third-order valence-electron chi connectivity index (χ3n) is 3.98. The third-order valence-corrected chi connectivity index (χ3v) is 5.49. The first kappa shape index (κ1) is 16.2. The average Bonchev–Trinajstić information content (AvgIpc) is 3.15. The Balaban J connectivity index is 1.78. The second kappa shape index (κ2) is 6.46. The van der Waals surface area contributed by atoms with Gasteiger partial charge in [-0.1, -0.05) is 0 Å². The van der Waals surface area contributed by atoms with E-state index in [1.165, 1.54) is 18.2 Å². The second-order valence-corrected chi connectivity index (χ2v) is 7.64. The third kappa shape index (κ3) is 4.01. The Labute approximate surface area is 135 Å². The van der Waals surface area contributed by atoms with Crippen molar-refractivity contribution in [3.8, 4) is 0 Å². The van der Waals surface area contributed by atoms with Crippen molar-refractivity contribution < 1.29 is 23.1 Å². The van der Waals surface area contributed by atoms with Gasteiger partial charge in [0.15, 0.2) is 0 Å². The van der Waals surface area contributed by atoms with Gasteiger partial charge >= 0.3 is 5.97 Å². The van der Waals surface area contributed by atoms with Crippen LogP contribution in [0.5, 0.6) is 0 Å². The summed E-state index contributed by atoms with van der Waals surface area (Å²) in [5.74, 6) is -1.16. The molecule has 1 saturated carbocycles. The van der Waals surface area contributed by atoms with Crippen molar-refractivity contribution in [2.45, 2.75) is 42.7 Å². The molecule has 0 amide bonds. The molecule has 1 aliphatic carbocycles. The van der Waals surface area contributed by atoms with Crippen molar-refractivity contribution in [3.63, 3.8) is 0 Å². The normalized spacial score (nSPS) is 21.3. The van der Waals surface area contributed by atoms with Crippen LogP contribution in [0.1, 0.15) is 36.0 Å². The molecule has 0 radical (unpaired) electrons. The number of carboxylic acid groups (broad SMARTS) is 1. The molecule has 0 aromatic heterocycles. The Bertz CT molecular complexity index is 694. The molecular weight excluding hydrogens is 320 g/mol. The number of hydrogen-bond acceptors (Lipinski definition) is 5. The number of aromatic carboxylic acids is 1. The predicted molar refractivity (Wildman–Crippen MR) is 84.2 cm³/mol. The lowest BCUT2D eigenvalue weighted by Gasteiger charge is -2.15. The van der Waals surface area contributed by atoms with Crippen LogP contribution in [0.3, 0.4) is 0 Å². The van der Waals surface area contributed by atoms with Crippen molar-refractivity contribution in [3.05, 3.63) is 23.8 Å². The van der Waals surface area contributed by atoms with Crippen LogP contribution in [0.2, 0.25) is 0 Å². The second-order valence-electron chi connectivity index (χ2n) is 5.92. The zero-order valence-electron chi connectivity index (χ0n) is 12.6. The van der Waals surface area contributed by atoms with Crippen LogP contribution in [0, 0.1) is 0 Å². The van der Waals surface area contributed by atoms with E-state index in [0.29, 0.717) is 12.2 Å². The van der Waals surface area contributed by atoms with Gasteiger partial charge in [0.1, 0.15) is 0 Å². The maximum atomic E-state index is 12.2. The van der Waals surface area contributed by atoms with E-state index < -0.39 is 16.0 Å². The van der Waals surface area contributed by atoms with Gasteiger partial charge in [-0.25, -0.2) is 17.9 Å². The van der Waals surface area contributed by atoms with Gasteiger partial charge in [-0.2, -0.15) is 0 Å². The Morgan fingerprint density at radius 3 is 2.70 bits per heavy atom. The van der Waals surface area contributed by atoms with E-state index in [2.05, 4.69) is 10.0 Å². The lowest BCUT2D eigenvalue weighted by atomic mass is 10.1. The van der Waals surface area contributed by atoms with Gasteiger partial charge in [0.05, 0.1) is 16.6 Å². The van der Waals surface area contributed by atoms with Crippen molar-refractivity contribution >= 4 is 21.7 Å². The molecule has 1 heterocycles. The summed E-state index contributed by atoms with van der Waals surface area (Å²) in [7, 11) is -3.67. The number of hydrogen-bond donors (Lipinski definition) is 3. The van der Waals surface area contributed by atoms with Crippen LogP contribution in [0.4, 0.5) is 5.69 Å². The molecule has 2 fully saturated rings. The first-order valence-corrected chi connectivity index (χ1v) is 9.19. The molecule has 2 aliphatic rings. The molecule has 1 aromatic carbocycles. The molecule has 1 aromatic rings. The maximum absolute atomic E-state index is 12.2. The minimum absolute atomic E-state index is 0.0226. The van der Waals surface area contributed by atoms with Gasteiger partial charge < -0.3 is 15.2 Å². The summed E-state index contributed by atoms with van der Waals surface area (Å²) < 4.78 is 32.4. The molecule has 23 heavy (non-hydrogen) atoms. The predicted octanol–water partition coefficient (Wildman–Crippen LogP) is 1.42. The van der Waals surface area contributed by atoms with E-state index >= 15 is 0 Å². The molecular formula is C15H20N2O5S. The minimum Gasteiger partial charge on any atom is -0.478 e. The Morgan fingerprint density at radius 2 is 2.09 bits per heavy atom. The van der Waals surface area contributed by atoms with E-state index in [1.54, 1.807) is 0 Å². The number of carboxylic acids is 1. The minimum atomic E-state index is -3.67. The maximum Gasteiger partial charge on any atom is 0.337 e. The number of anilines is 1. The van der Waals surface area contributed by atoms with E-state index in [4.69, 9.17) is 4.74 Å². The van der Waals surface area contributed by atoms with Gasteiger partial charge in [-0.3, -0.25) is 0 Å². The molecule has 7 nitrogen and oxygen atoms in total. The van der Waals surface area contributed by atoms with Crippen molar-refractivity contribution in [2.24, 2.45) is 0 Å². The molecule has 1 atom stereocenters. The molecule has 8 heteroatoms. The highest BCUT2D eigenvalue weighted by Gasteiger charge is 2.29. The zero-order valence-corrected chi connectivity index (χ0v) is 13.4. The molecule has 3 rings (SSSR count). The summed E-state index contributed by atoms with van der Waals surface area (Å²) >= 11 is 0. The Morgan fingerprint density at radius 1 is 1.30 bits per heavy atom. The molecule has 3 N–H and O–H groups in total.